The Bertz CT molecular complexity index is 500. The Kier molecular flexibility index (Phi) is 3.11. The van der Waals surface area contributed by atoms with Crippen LogP contribution in [0.25, 0.3) is 0 Å². The molecule has 0 saturated carbocycles. The first-order chi connectivity index (χ1) is 8.75. The smallest absolute Gasteiger partial charge is 0.463 e. The molecule has 0 spiro atoms. The van der Waals surface area contributed by atoms with Gasteiger partial charge in [-0.25, -0.2) is 0 Å². The first-order valence-corrected chi connectivity index (χ1v) is 5.23. The lowest BCUT2D eigenvalue weighted by atomic mass is 10.2. The first-order valence-electron chi connectivity index (χ1n) is 5.23. The minimum Gasteiger partial charge on any atom is -0.490 e. The number of carbonyl (C=O) groups is 1. The lowest BCUT2D eigenvalue weighted by Crippen LogP contribution is -2.54. The van der Waals surface area contributed by atoms with Crippen LogP contribution in [0, 0.1) is 0 Å². The summed E-state index contributed by atoms with van der Waals surface area (Å²) in [5, 5.41) is 0. The van der Waals surface area contributed by atoms with Gasteiger partial charge in [-0.15, -0.1) is 0 Å². The van der Waals surface area contributed by atoms with Gasteiger partial charge in [-0.2, -0.15) is 22.0 Å². The van der Waals surface area contributed by atoms with Crippen molar-refractivity contribution in [3.05, 3.63) is 24.3 Å². The standard InChI is InChI=1S/C11H8F5NO2/c12-10(13,11(14,15)16)9(18)17-5-6-19-8-4-2-1-3-7(8)17/h1-4H,5-6H2. The highest BCUT2D eigenvalue weighted by Gasteiger charge is 2.65. The summed E-state index contributed by atoms with van der Waals surface area (Å²) in [6, 6.07) is 5.58. The van der Waals surface area contributed by atoms with Crippen LogP contribution in [-0.4, -0.2) is 31.2 Å². The van der Waals surface area contributed by atoms with Gasteiger partial charge in [-0.1, -0.05) is 12.1 Å². The molecule has 0 saturated heterocycles. The van der Waals surface area contributed by atoms with Crippen LogP contribution < -0.4 is 9.64 Å². The lowest BCUT2D eigenvalue weighted by Gasteiger charge is -2.32. The second-order valence-corrected chi connectivity index (χ2v) is 3.85. The maximum atomic E-state index is 13.0. The van der Waals surface area contributed by atoms with Gasteiger partial charge < -0.3 is 4.74 Å². The van der Waals surface area contributed by atoms with Crippen molar-refractivity contribution < 1.29 is 31.5 Å². The molecule has 1 amide bonds. The maximum absolute atomic E-state index is 13.0. The first kappa shape index (κ1) is 13.6. The number of rotatable bonds is 1. The Morgan fingerprint density at radius 1 is 1.16 bits per heavy atom. The van der Waals surface area contributed by atoms with Crippen molar-refractivity contribution in [3.8, 4) is 5.75 Å². The molecule has 1 aromatic carbocycles. The zero-order chi connectivity index (χ0) is 14.3. The second-order valence-electron chi connectivity index (χ2n) is 3.85. The molecule has 0 aromatic heterocycles. The third-order valence-electron chi connectivity index (χ3n) is 2.60. The Morgan fingerprint density at radius 2 is 1.79 bits per heavy atom. The molecular weight excluding hydrogens is 273 g/mol. The van der Waals surface area contributed by atoms with Crippen LogP contribution in [0.15, 0.2) is 24.3 Å². The predicted octanol–water partition coefficient (Wildman–Crippen LogP) is 2.61. The summed E-state index contributed by atoms with van der Waals surface area (Å²) < 4.78 is 67.7. The highest BCUT2D eigenvalue weighted by Crippen LogP contribution is 2.40. The molecule has 1 aliphatic heterocycles. The largest absolute Gasteiger partial charge is 0.490 e. The highest BCUT2D eigenvalue weighted by molar-refractivity contribution is 6.00. The van der Waals surface area contributed by atoms with Crippen LogP contribution in [-0.2, 0) is 4.79 Å². The van der Waals surface area contributed by atoms with E-state index in [4.69, 9.17) is 4.74 Å². The molecule has 0 atom stereocenters. The third kappa shape index (κ3) is 2.22. The van der Waals surface area contributed by atoms with E-state index in [2.05, 4.69) is 0 Å². The number of ether oxygens (including phenoxy) is 1. The number of hydrogen-bond donors (Lipinski definition) is 0. The summed E-state index contributed by atoms with van der Waals surface area (Å²) in [4.78, 5) is 11.8. The Hall–Kier alpha value is -1.86. The lowest BCUT2D eigenvalue weighted by molar-refractivity contribution is -0.268. The number of hydrogen-bond acceptors (Lipinski definition) is 2. The second kappa shape index (κ2) is 4.36. The van der Waals surface area contributed by atoms with Gasteiger partial charge in [-0.05, 0) is 12.1 Å². The van der Waals surface area contributed by atoms with Gasteiger partial charge in [0.25, 0.3) is 0 Å². The molecular formula is C11H8F5NO2. The average molecular weight is 281 g/mol. The van der Waals surface area contributed by atoms with Crippen LogP contribution in [0.2, 0.25) is 0 Å². The number of nitrogens with zero attached hydrogens (tertiary/aromatic N) is 1. The molecule has 1 heterocycles. The monoisotopic (exact) mass is 281 g/mol. The zero-order valence-electron chi connectivity index (χ0n) is 9.38. The normalized spacial score (nSPS) is 15.7. The number of anilines is 1. The molecule has 104 valence electrons. The summed E-state index contributed by atoms with van der Waals surface area (Å²) in [5.41, 5.74) is -0.0947. The molecule has 19 heavy (non-hydrogen) atoms. The summed E-state index contributed by atoms with van der Waals surface area (Å²) >= 11 is 0. The minimum absolute atomic E-state index is 0.0947. The van der Waals surface area contributed by atoms with E-state index in [-0.39, 0.29) is 24.6 Å². The average Bonchev–Trinajstić information content (AvgIpc) is 2.36. The summed E-state index contributed by atoms with van der Waals surface area (Å²) in [7, 11) is 0. The van der Waals surface area contributed by atoms with E-state index in [1.54, 1.807) is 0 Å². The van der Waals surface area contributed by atoms with Crippen LogP contribution in [0.4, 0.5) is 27.6 Å². The summed E-state index contributed by atoms with van der Waals surface area (Å²) in [6.45, 7) is -0.502. The van der Waals surface area contributed by atoms with Gasteiger partial charge in [0.2, 0.25) is 0 Å². The van der Waals surface area contributed by atoms with Crippen LogP contribution in [0.5, 0.6) is 5.75 Å². The van der Waals surface area contributed by atoms with Crippen LogP contribution in [0.3, 0.4) is 0 Å². The van der Waals surface area contributed by atoms with Gasteiger partial charge >= 0.3 is 18.0 Å². The molecule has 0 unspecified atom stereocenters. The highest BCUT2D eigenvalue weighted by atomic mass is 19.4. The molecule has 0 N–H and O–H groups in total. The van der Waals surface area contributed by atoms with Crippen LogP contribution >= 0.6 is 0 Å². The fourth-order valence-electron chi connectivity index (χ4n) is 1.67. The van der Waals surface area contributed by atoms with Gasteiger partial charge in [-0.3, -0.25) is 9.69 Å². The maximum Gasteiger partial charge on any atom is 0.463 e. The van der Waals surface area contributed by atoms with E-state index >= 15 is 0 Å². The number of carbonyl (C=O) groups excluding carboxylic acids is 1. The summed E-state index contributed by atoms with van der Waals surface area (Å²) in [5.74, 6) is -7.62. The number of amides is 1. The number of fused-ring (bicyclic) bond motifs is 1. The topological polar surface area (TPSA) is 29.5 Å². The number of halogens is 5. The van der Waals surface area contributed by atoms with Crippen molar-refractivity contribution in [2.24, 2.45) is 0 Å². The number of benzene rings is 1. The van der Waals surface area contributed by atoms with Gasteiger partial charge in [0.15, 0.2) is 0 Å². The van der Waals surface area contributed by atoms with Crippen molar-refractivity contribution in [1.82, 2.24) is 0 Å². The Morgan fingerprint density at radius 3 is 2.42 bits per heavy atom. The van der Waals surface area contributed by atoms with Crippen molar-refractivity contribution >= 4 is 11.6 Å². The van der Waals surface area contributed by atoms with E-state index < -0.39 is 18.0 Å². The van der Waals surface area contributed by atoms with Crippen molar-refractivity contribution in [3.63, 3.8) is 0 Å². The van der Waals surface area contributed by atoms with Crippen molar-refractivity contribution in [2.45, 2.75) is 12.1 Å². The van der Waals surface area contributed by atoms with E-state index in [9.17, 15) is 26.7 Å². The Labute approximate surface area is 104 Å². The molecule has 0 aliphatic carbocycles. The Balaban J connectivity index is 2.37. The predicted molar refractivity (Wildman–Crippen MR) is 55.3 cm³/mol. The molecule has 0 bridgehead atoms. The van der Waals surface area contributed by atoms with E-state index in [0.717, 1.165) is 0 Å². The molecule has 0 radical (unpaired) electrons. The number of para-hydroxylation sites is 2. The van der Waals surface area contributed by atoms with Gasteiger partial charge in [0, 0.05) is 0 Å². The molecule has 3 nitrogen and oxygen atoms in total. The summed E-state index contributed by atoms with van der Waals surface area (Å²) in [6.07, 6.45) is -5.92. The molecule has 8 heteroatoms. The number of alkyl halides is 5. The van der Waals surface area contributed by atoms with Gasteiger partial charge in [0.05, 0.1) is 12.2 Å². The van der Waals surface area contributed by atoms with Gasteiger partial charge in [0.1, 0.15) is 12.4 Å². The fourth-order valence-corrected chi connectivity index (χ4v) is 1.67. The molecule has 0 fully saturated rings. The van der Waals surface area contributed by atoms with Crippen LogP contribution in [0.1, 0.15) is 0 Å². The SMILES string of the molecule is O=C(N1CCOc2ccccc21)C(F)(F)C(F)(F)F. The van der Waals surface area contributed by atoms with E-state index in [0.29, 0.717) is 4.90 Å². The van der Waals surface area contributed by atoms with Crippen molar-refractivity contribution in [2.75, 3.05) is 18.1 Å². The van der Waals surface area contributed by atoms with E-state index in [1.807, 2.05) is 0 Å². The molecule has 1 aromatic rings. The fraction of sp³-hybridized carbons (Fsp3) is 0.364. The third-order valence-corrected chi connectivity index (χ3v) is 2.60. The quantitative estimate of drug-likeness (QED) is 0.740. The van der Waals surface area contributed by atoms with E-state index in [1.165, 1.54) is 24.3 Å². The minimum atomic E-state index is -5.92. The molecule has 1 aliphatic rings. The molecule has 2 rings (SSSR count). The van der Waals surface area contributed by atoms with Crippen molar-refractivity contribution in [1.29, 1.82) is 0 Å². The zero-order valence-corrected chi connectivity index (χ0v) is 9.38.